The van der Waals surface area contributed by atoms with Crippen molar-refractivity contribution in [2.75, 3.05) is 0 Å². The van der Waals surface area contributed by atoms with Crippen molar-refractivity contribution in [2.24, 2.45) is 0 Å². The molecule has 0 aliphatic heterocycles. The molecule has 0 unspecified atom stereocenters. The van der Waals surface area contributed by atoms with Gasteiger partial charge >= 0.3 is 0 Å². The number of hydrogen-bond acceptors (Lipinski definition) is 2. The number of hydrogen-bond donors (Lipinski definition) is 0. The molecule has 0 spiro atoms. The van der Waals surface area contributed by atoms with Gasteiger partial charge in [0.05, 0.1) is 0 Å². The highest BCUT2D eigenvalue weighted by Crippen LogP contribution is 2.32. The molecule has 4 aromatic carbocycles. The van der Waals surface area contributed by atoms with Gasteiger partial charge in [-0.15, -0.1) is 0 Å². The summed E-state index contributed by atoms with van der Waals surface area (Å²) in [5, 5.41) is 2.78. The Kier molecular flexibility index (Phi) is 3.51. The Morgan fingerprint density at radius 2 is 1.42 bits per heavy atom. The van der Waals surface area contributed by atoms with E-state index in [9.17, 15) is 0 Å². The minimum atomic E-state index is 0.627. The molecule has 1 aromatic heterocycles. The Hall–Kier alpha value is -3.10. The molecule has 0 bridgehead atoms. The van der Waals surface area contributed by atoms with Gasteiger partial charge in [0.1, 0.15) is 5.52 Å². The summed E-state index contributed by atoms with van der Waals surface area (Å²) in [7, 11) is 0. The first-order chi connectivity index (χ1) is 12.8. The second kappa shape index (κ2) is 6.01. The van der Waals surface area contributed by atoms with Gasteiger partial charge in [-0.2, -0.15) is 0 Å². The zero-order valence-electron chi connectivity index (χ0n) is 13.8. The fourth-order valence-corrected chi connectivity index (χ4v) is 3.42. The van der Waals surface area contributed by atoms with Crippen LogP contribution in [0.3, 0.4) is 0 Å². The Morgan fingerprint density at radius 3 is 2.23 bits per heavy atom. The average Bonchev–Trinajstić information content (AvgIpc) is 3.13. The molecule has 0 saturated carbocycles. The van der Waals surface area contributed by atoms with Crippen molar-refractivity contribution in [1.29, 1.82) is 0 Å². The summed E-state index contributed by atoms with van der Waals surface area (Å²) in [6.07, 6.45) is 0. The van der Waals surface area contributed by atoms with Crippen LogP contribution in [0, 0.1) is 0 Å². The first kappa shape index (κ1) is 15.2. The molecule has 0 radical (unpaired) electrons. The third kappa shape index (κ3) is 2.56. The Morgan fingerprint density at radius 1 is 0.692 bits per heavy atom. The van der Waals surface area contributed by atoms with E-state index < -0.39 is 0 Å². The van der Waals surface area contributed by atoms with Crippen molar-refractivity contribution in [3.63, 3.8) is 0 Å². The monoisotopic (exact) mass is 355 g/mol. The molecule has 0 saturated heterocycles. The van der Waals surface area contributed by atoms with E-state index in [0.717, 1.165) is 27.4 Å². The molecule has 5 rings (SSSR count). The SMILES string of the molecule is Clc1ccc2c(ccc3nc(-c4ccc(-c5ccccc5)cc4)oc32)c1. The maximum atomic E-state index is 6.10. The second-order valence-electron chi connectivity index (χ2n) is 6.24. The molecule has 0 amide bonds. The first-order valence-electron chi connectivity index (χ1n) is 8.43. The van der Waals surface area contributed by atoms with Gasteiger partial charge in [0.15, 0.2) is 5.58 Å². The summed E-state index contributed by atoms with van der Waals surface area (Å²) in [5.41, 5.74) is 4.97. The number of oxazole rings is 1. The summed E-state index contributed by atoms with van der Waals surface area (Å²) in [5.74, 6) is 0.627. The molecule has 26 heavy (non-hydrogen) atoms. The third-order valence-corrected chi connectivity index (χ3v) is 4.81. The largest absolute Gasteiger partial charge is 0.435 e. The van der Waals surface area contributed by atoms with E-state index in [1.807, 2.05) is 60.7 Å². The quantitative estimate of drug-likeness (QED) is 0.342. The lowest BCUT2D eigenvalue weighted by atomic mass is 10.0. The summed E-state index contributed by atoms with van der Waals surface area (Å²) < 4.78 is 6.10. The van der Waals surface area contributed by atoms with E-state index in [-0.39, 0.29) is 0 Å². The maximum absolute atomic E-state index is 6.10. The molecule has 2 nitrogen and oxygen atoms in total. The molecule has 0 N–H and O–H groups in total. The summed E-state index contributed by atoms with van der Waals surface area (Å²) in [6, 6.07) is 28.4. The second-order valence-corrected chi connectivity index (χ2v) is 6.68. The van der Waals surface area contributed by atoms with Crippen LogP contribution in [0.2, 0.25) is 5.02 Å². The average molecular weight is 356 g/mol. The van der Waals surface area contributed by atoms with Crippen LogP contribution >= 0.6 is 11.6 Å². The Labute approximate surface area is 155 Å². The van der Waals surface area contributed by atoms with Crippen molar-refractivity contribution < 1.29 is 4.42 Å². The third-order valence-electron chi connectivity index (χ3n) is 4.57. The number of fused-ring (bicyclic) bond motifs is 3. The van der Waals surface area contributed by atoms with Crippen molar-refractivity contribution in [2.45, 2.75) is 0 Å². The van der Waals surface area contributed by atoms with Crippen molar-refractivity contribution in [3.8, 4) is 22.6 Å². The highest BCUT2D eigenvalue weighted by atomic mass is 35.5. The van der Waals surface area contributed by atoms with E-state index in [1.54, 1.807) is 0 Å². The van der Waals surface area contributed by atoms with Gasteiger partial charge in [-0.1, -0.05) is 60.1 Å². The number of benzene rings is 4. The van der Waals surface area contributed by atoms with Gasteiger partial charge in [0.2, 0.25) is 5.89 Å². The maximum Gasteiger partial charge on any atom is 0.227 e. The van der Waals surface area contributed by atoms with E-state index in [2.05, 4.69) is 29.2 Å². The minimum absolute atomic E-state index is 0.627. The molecular formula is C23H14ClNO. The summed E-state index contributed by atoms with van der Waals surface area (Å²) >= 11 is 6.09. The lowest BCUT2D eigenvalue weighted by Gasteiger charge is -2.02. The molecule has 1 heterocycles. The first-order valence-corrected chi connectivity index (χ1v) is 8.80. The lowest BCUT2D eigenvalue weighted by Crippen LogP contribution is -1.79. The van der Waals surface area contributed by atoms with E-state index in [0.29, 0.717) is 10.9 Å². The zero-order chi connectivity index (χ0) is 17.5. The molecule has 3 heteroatoms. The van der Waals surface area contributed by atoms with Gasteiger partial charge in [0.25, 0.3) is 0 Å². The predicted molar refractivity (Wildman–Crippen MR) is 107 cm³/mol. The fourth-order valence-electron chi connectivity index (χ4n) is 3.24. The number of halogens is 1. The van der Waals surface area contributed by atoms with Crippen molar-refractivity contribution in [3.05, 3.63) is 90.0 Å². The van der Waals surface area contributed by atoms with Crippen LogP contribution in [0.1, 0.15) is 0 Å². The lowest BCUT2D eigenvalue weighted by molar-refractivity contribution is 0.623. The molecule has 0 atom stereocenters. The van der Waals surface area contributed by atoms with Crippen LogP contribution < -0.4 is 0 Å². The number of rotatable bonds is 2. The summed E-state index contributed by atoms with van der Waals surface area (Å²) in [4.78, 5) is 4.66. The number of aromatic nitrogens is 1. The molecule has 5 aromatic rings. The zero-order valence-corrected chi connectivity index (χ0v) is 14.6. The van der Waals surface area contributed by atoms with Gasteiger partial charge in [0, 0.05) is 16.0 Å². The van der Waals surface area contributed by atoms with Crippen LogP contribution in [0.4, 0.5) is 0 Å². The number of nitrogens with zero attached hydrogens (tertiary/aromatic N) is 1. The van der Waals surface area contributed by atoms with Crippen molar-refractivity contribution in [1.82, 2.24) is 4.98 Å². The summed E-state index contributed by atoms with van der Waals surface area (Å²) in [6.45, 7) is 0. The van der Waals surface area contributed by atoms with E-state index >= 15 is 0 Å². The van der Waals surface area contributed by atoms with Crippen LogP contribution in [0.15, 0.2) is 89.3 Å². The van der Waals surface area contributed by atoms with Gasteiger partial charge in [-0.05, 0) is 52.9 Å². The van der Waals surface area contributed by atoms with Crippen LogP contribution in [-0.4, -0.2) is 4.98 Å². The molecule has 0 aliphatic rings. The van der Waals surface area contributed by atoms with E-state index in [4.69, 9.17) is 16.0 Å². The van der Waals surface area contributed by atoms with E-state index in [1.165, 1.54) is 11.1 Å². The Balaban J connectivity index is 1.59. The highest BCUT2D eigenvalue weighted by Gasteiger charge is 2.11. The minimum Gasteiger partial charge on any atom is -0.435 e. The molecular weight excluding hydrogens is 342 g/mol. The van der Waals surface area contributed by atoms with Crippen LogP contribution in [-0.2, 0) is 0 Å². The molecule has 0 fully saturated rings. The smallest absolute Gasteiger partial charge is 0.227 e. The molecule has 124 valence electrons. The standard InChI is InChI=1S/C23H14ClNO/c24-19-11-12-20-18(14-19)10-13-21-22(20)26-23(25-21)17-8-6-16(7-9-17)15-4-2-1-3-5-15/h1-14H. The Bertz CT molecular complexity index is 1220. The topological polar surface area (TPSA) is 26.0 Å². The van der Waals surface area contributed by atoms with Crippen LogP contribution in [0.25, 0.3) is 44.5 Å². The van der Waals surface area contributed by atoms with Gasteiger partial charge in [-0.3, -0.25) is 0 Å². The van der Waals surface area contributed by atoms with Gasteiger partial charge in [-0.25, -0.2) is 4.98 Å². The highest BCUT2D eigenvalue weighted by molar-refractivity contribution is 6.31. The predicted octanol–water partition coefficient (Wildman–Crippen LogP) is 6.97. The van der Waals surface area contributed by atoms with Gasteiger partial charge < -0.3 is 4.42 Å². The van der Waals surface area contributed by atoms with Crippen LogP contribution in [0.5, 0.6) is 0 Å². The fraction of sp³-hybridized carbons (Fsp3) is 0. The van der Waals surface area contributed by atoms with Crippen molar-refractivity contribution >= 4 is 33.5 Å². The normalized spacial score (nSPS) is 11.3. The molecule has 0 aliphatic carbocycles.